The summed E-state index contributed by atoms with van der Waals surface area (Å²) >= 11 is 0. The third-order valence-corrected chi connectivity index (χ3v) is 6.97. The molecule has 3 fully saturated rings. The highest BCUT2D eigenvalue weighted by molar-refractivity contribution is 6.01. The molecule has 1 saturated heterocycles. The Kier molecular flexibility index (Phi) is 7.79. The second-order valence-corrected chi connectivity index (χ2v) is 9.35. The van der Waals surface area contributed by atoms with E-state index in [1.807, 2.05) is 0 Å². The molecule has 7 heteroatoms. The van der Waals surface area contributed by atoms with Crippen LogP contribution in [0.15, 0.2) is 18.2 Å². The number of nitrogens with zero attached hydrogens (tertiary/aromatic N) is 1. The van der Waals surface area contributed by atoms with E-state index in [0.29, 0.717) is 43.2 Å². The van der Waals surface area contributed by atoms with Gasteiger partial charge in [0.15, 0.2) is 0 Å². The van der Waals surface area contributed by atoms with Crippen molar-refractivity contribution in [3.63, 3.8) is 0 Å². The van der Waals surface area contributed by atoms with Crippen molar-refractivity contribution in [1.82, 2.24) is 4.90 Å². The number of anilines is 2. The Morgan fingerprint density at radius 1 is 0.719 bits per heavy atom. The van der Waals surface area contributed by atoms with Gasteiger partial charge in [-0.05, 0) is 43.9 Å². The topological polar surface area (TPSA) is 87.7 Å². The van der Waals surface area contributed by atoms with Gasteiger partial charge in [0.1, 0.15) is 0 Å². The molecule has 0 radical (unpaired) electrons. The lowest BCUT2D eigenvalue weighted by molar-refractivity contribution is -0.121. The van der Waals surface area contributed by atoms with E-state index in [4.69, 9.17) is 4.74 Å². The first-order valence-electron chi connectivity index (χ1n) is 12.2. The fraction of sp³-hybridized carbons (Fsp3) is 0.640. The molecule has 1 aromatic carbocycles. The monoisotopic (exact) mass is 441 g/mol. The van der Waals surface area contributed by atoms with Gasteiger partial charge >= 0.3 is 0 Å². The molecule has 1 heterocycles. The molecule has 1 aromatic rings. The second-order valence-electron chi connectivity index (χ2n) is 9.35. The van der Waals surface area contributed by atoms with Gasteiger partial charge in [0.25, 0.3) is 5.91 Å². The molecule has 0 bridgehead atoms. The molecule has 4 rings (SSSR count). The summed E-state index contributed by atoms with van der Waals surface area (Å²) in [5.74, 6) is -0.0593. The summed E-state index contributed by atoms with van der Waals surface area (Å²) in [6, 6.07) is 5.24. The first kappa shape index (κ1) is 22.8. The number of hydrogen-bond acceptors (Lipinski definition) is 4. The van der Waals surface area contributed by atoms with Gasteiger partial charge in [-0.2, -0.15) is 0 Å². The van der Waals surface area contributed by atoms with Gasteiger partial charge in [0.2, 0.25) is 11.8 Å². The van der Waals surface area contributed by atoms with Crippen molar-refractivity contribution in [1.29, 1.82) is 0 Å². The van der Waals surface area contributed by atoms with Gasteiger partial charge in [-0.1, -0.05) is 38.5 Å². The first-order chi connectivity index (χ1) is 15.6. The van der Waals surface area contributed by atoms with Crippen LogP contribution in [-0.2, 0) is 14.3 Å². The van der Waals surface area contributed by atoms with E-state index in [9.17, 15) is 14.4 Å². The number of carbonyl (C=O) groups is 3. The third kappa shape index (κ3) is 5.88. The quantitative estimate of drug-likeness (QED) is 0.717. The number of nitrogens with one attached hydrogen (secondary N) is 2. The summed E-state index contributed by atoms with van der Waals surface area (Å²) in [5.41, 5.74) is 1.62. The predicted molar refractivity (Wildman–Crippen MR) is 124 cm³/mol. The van der Waals surface area contributed by atoms with Crippen LogP contribution in [0.1, 0.15) is 74.6 Å². The molecule has 2 saturated carbocycles. The lowest BCUT2D eigenvalue weighted by atomic mass is 9.88. The van der Waals surface area contributed by atoms with Crippen molar-refractivity contribution in [2.24, 2.45) is 11.8 Å². The molecule has 3 amide bonds. The maximum absolute atomic E-state index is 13.1. The van der Waals surface area contributed by atoms with Crippen LogP contribution in [0.25, 0.3) is 0 Å². The lowest BCUT2D eigenvalue weighted by Gasteiger charge is -2.27. The predicted octanol–water partition coefficient (Wildman–Crippen LogP) is 4.20. The van der Waals surface area contributed by atoms with Crippen LogP contribution in [0, 0.1) is 11.8 Å². The molecule has 0 unspecified atom stereocenters. The van der Waals surface area contributed by atoms with Gasteiger partial charge in [0, 0.05) is 41.9 Å². The molecule has 0 aromatic heterocycles. The molecule has 174 valence electrons. The molecular formula is C25H35N3O4. The number of morpholine rings is 1. The average Bonchev–Trinajstić information content (AvgIpc) is 2.85. The summed E-state index contributed by atoms with van der Waals surface area (Å²) < 4.78 is 5.36. The largest absolute Gasteiger partial charge is 0.378 e. The zero-order valence-electron chi connectivity index (χ0n) is 18.9. The number of carbonyl (C=O) groups excluding carboxylic acids is 3. The van der Waals surface area contributed by atoms with E-state index in [2.05, 4.69) is 10.6 Å². The van der Waals surface area contributed by atoms with Crippen LogP contribution in [-0.4, -0.2) is 48.9 Å². The van der Waals surface area contributed by atoms with Crippen molar-refractivity contribution >= 4 is 29.1 Å². The zero-order chi connectivity index (χ0) is 22.3. The molecule has 7 nitrogen and oxygen atoms in total. The van der Waals surface area contributed by atoms with Gasteiger partial charge < -0.3 is 20.3 Å². The maximum Gasteiger partial charge on any atom is 0.254 e. The van der Waals surface area contributed by atoms with Crippen molar-refractivity contribution < 1.29 is 19.1 Å². The summed E-state index contributed by atoms with van der Waals surface area (Å²) in [5, 5.41) is 6.03. The average molecular weight is 442 g/mol. The highest BCUT2D eigenvalue weighted by Gasteiger charge is 2.25. The first-order valence-corrected chi connectivity index (χ1v) is 12.2. The van der Waals surface area contributed by atoms with Crippen LogP contribution in [0.2, 0.25) is 0 Å². The minimum Gasteiger partial charge on any atom is -0.378 e. The Morgan fingerprint density at radius 3 is 1.66 bits per heavy atom. The number of benzene rings is 1. The van der Waals surface area contributed by atoms with Crippen LogP contribution in [0.4, 0.5) is 11.4 Å². The van der Waals surface area contributed by atoms with Crippen LogP contribution in [0.3, 0.4) is 0 Å². The van der Waals surface area contributed by atoms with Gasteiger partial charge in [-0.15, -0.1) is 0 Å². The number of ether oxygens (including phenoxy) is 1. The molecule has 2 aliphatic carbocycles. The molecule has 1 aliphatic heterocycles. The zero-order valence-corrected chi connectivity index (χ0v) is 18.9. The van der Waals surface area contributed by atoms with Gasteiger partial charge in [-0.3, -0.25) is 14.4 Å². The number of rotatable bonds is 5. The van der Waals surface area contributed by atoms with E-state index in [1.165, 1.54) is 12.8 Å². The van der Waals surface area contributed by atoms with E-state index in [-0.39, 0.29) is 29.6 Å². The molecular weight excluding hydrogens is 406 g/mol. The summed E-state index contributed by atoms with van der Waals surface area (Å²) in [4.78, 5) is 40.5. The fourth-order valence-corrected chi connectivity index (χ4v) is 5.06. The van der Waals surface area contributed by atoms with E-state index >= 15 is 0 Å². The van der Waals surface area contributed by atoms with Gasteiger partial charge in [-0.25, -0.2) is 0 Å². The summed E-state index contributed by atoms with van der Waals surface area (Å²) in [6.07, 6.45) is 10.3. The Bertz CT molecular complexity index is 772. The fourth-order valence-electron chi connectivity index (χ4n) is 5.06. The minimum atomic E-state index is -0.102. The van der Waals surface area contributed by atoms with Crippen molar-refractivity contribution in [2.45, 2.75) is 64.2 Å². The Balaban J connectivity index is 1.53. The van der Waals surface area contributed by atoms with Crippen molar-refractivity contribution in [3.8, 4) is 0 Å². The summed E-state index contributed by atoms with van der Waals surface area (Å²) in [6.45, 7) is 2.13. The van der Waals surface area contributed by atoms with Crippen molar-refractivity contribution in [3.05, 3.63) is 23.8 Å². The molecule has 2 N–H and O–H groups in total. The van der Waals surface area contributed by atoms with Crippen LogP contribution in [0.5, 0.6) is 0 Å². The third-order valence-electron chi connectivity index (χ3n) is 6.97. The Labute approximate surface area is 190 Å². The number of hydrogen-bond donors (Lipinski definition) is 2. The molecule has 3 aliphatic rings. The molecule has 0 spiro atoms. The molecule has 32 heavy (non-hydrogen) atoms. The van der Waals surface area contributed by atoms with Crippen LogP contribution < -0.4 is 10.6 Å². The van der Waals surface area contributed by atoms with E-state index in [1.54, 1.807) is 23.1 Å². The number of amides is 3. The van der Waals surface area contributed by atoms with E-state index in [0.717, 1.165) is 51.4 Å². The van der Waals surface area contributed by atoms with Crippen LogP contribution >= 0.6 is 0 Å². The highest BCUT2D eigenvalue weighted by atomic mass is 16.5. The lowest BCUT2D eigenvalue weighted by Crippen LogP contribution is -2.40. The Hall–Kier alpha value is -2.41. The Morgan fingerprint density at radius 2 is 1.19 bits per heavy atom. The SMILES string of the molecule is O=C(Nc1cc(NC(=O)C2CCCCC2)cc(C(=O)N2CCOCC2)c1)C1CCCCC1. The van der Waals surface area contributed by atoms with Crippen molar-refractivity contribution in [2.75, 3.05) is 36.9 Å². The maximum atomic E-state index is 13.1. The molecule has 0 atom stereocenters. The second kappa shape index (κ2) is 10.9. The van der Waals surface area contributed by atoms with Gasteiger partial charge in [0.05, 0.1) is 13.2 Å². The summed E-state index contributed by atoms with van der Waals surface area (Å²) in [7, 11) is 0. The smallest absolute Gasteiger partial charge is 0.254 e. The standard InChI is InChI=1S/C25H35N3O4/c29-23(18-7-3-1-4-8-18)26-21-15-20(25(31)28-11-13-32-14-12-28)16-22(17-21)27-24(30)19-9-5-2-6-10-19/h15-19H,1-14H2,(H,26,29)(H,27,30). The highest BCUT2D eigenvalue weighted by Crippen LogP contribution is 2.28. The normalized spacial score (nSPS) is 20.6. The minimum absolute atomic E-state index is 0.00484. The van der Waals surface area contributed by atoms with E-state index < -0.39 is 0 Å².